The van der Waals surface area contributed by atoms with Crippen LogP contribution >= 0.6 is 0 Å². The average Bonchev–Trinajstić information content (AvgIpc) is 2.66. The molecule has 4 saturated carbocycles. The van der Waals surface area contributed by atoms with Crippen molar-refractivity contribution in [3.05, 3.63) is 34.9 Å². The van der Waals surface area contributed by atoms with Crippen molar-refractivity contribution >= 4 is 11.9 Å². The molecule has 5 nitrogen and oxygen atoms in total. The highest BCUT2D eigenvalue weighted by Crippen LogP contribution is 2.55. The Hall–Kier alpha value is -1.88. The number of carboxylic acids is 1. The number of hydrogen-bond acceptors (Lipinski definition) is 3. The van der Waals surface area contributed by atoms with Gasteiger partial charge in [-0.15, -0.1) is 0 Å². The highest BCUT2D eigenvalue weighted by molar-refractivity contribution is 5.87. The summed E-state index contributed by atoms with van der Waals surface area (Å²) < 4.78 is 0. The van der Waals surface area contributed by atoms with Gasteiger partial charge in [-0.25, -0.2) is 0 Å². The lowest BCUT2D eigenvalue weighted by molar-refractivity contribution is -0.148. The number of rotatable bonds is 8. The van der Waals surface area contributed by atoms with Crippen LogP contribution in [0.15, 0.2) is 18.2 Å². The number of carboxylic acid groups (broad SMARTS) is 1. The Morgan fingerprint density at radius 1 is 1.10 bits per heavy atom. The zero-order valence-electron chi connectivity index (χ0n) is 19.1. The van der Waals surface area contributed by atoms with Crippen molar-refractivity contribution in [2.45, 2.75) is 95.6 Å². The van der Waals surface area contributed by atoms with Gasteiger partial charge in [0.25, 0.3) is 0 Å². The van der Waals surface area contributed by atoms with E-state index in [1.807, 2.05) is 13.8 Å². The lowest BCUT2D eigenvalue weighted by atomic mass is 9.52. The van der Waals surface area contributed by atoms with Crippen LogP contribution in [-0.2, 0) is 21.4 Å². The Balaban J connectivity index is 1.44. The quantitative estimate of drug-likeness (QED) is 0.545. The number of aryl methyl sites for hydroxylation is 2. The second kappa shape index (κ2) is 8.23. The van der Waals surface area contributed by atoms with E-state index in [0.29, 0.717) is 24.2 Å². The number of aliphatic carboxylic acids is 1. The van der Waals surface area contributed by atoms with E-state index in [2.05, 4.69) is 30.4 Å². The third-order valence-electron chi connectivity index (χ3n) is 8.07. The van der Waals surface area contributed by atoms with Gasteiger partial charge in [-0.1, -0.05) is 23.8 Å². The van der Waals surface area contributed by atoms with Crippen LogP contribution in [0.1, 0.15) is 81.9 Å². The molecule has 0 radical (unpaired) electrons. The fraction of sp³-hybridized carbons (Fsp3) is 0.692. The number of hydrogen-bond donors (Lipinski definition) is 3. The van der Waals surface area contributed by atoms with Crippen LogP contribution in [0.2, 0.25) is 0 Å². The predicted octanol–water partition coefficient (Wildman–Crippen LogP) is 4.13. The molecule has 4 fully saturated rings. The molecule has 1 aromatic rings. The van der Waals surface area contributed by atoms with Crippen LogP contribution in [0.5, 0.6) is 0 Å². The van der Waals surface area contributed by atoms with E-state index in [4.69, 9.17) is 5.11 Å². The maximum atomic E-state index is 13.5. The average molecular weight is 428 g/mol. The highest BCUT2D eigenvalue weighted by atomic mass is 16.4. The molecule has 0 saturated heterocycles. The minimum atomic E-state index is -0.750. The lowest BCUT2D eigenvalue weighted by Gasteiger charge is -2.58. The summed E-state index contributed by atoms with van der Waals surface area (Å²) in [5.41, 5.74) is 2.18. The fourth-order valence-corrected chi connectivity index (χ4v) is 6.65. The second-order valence-electron chi connectivity index (χ2n) is 11.1. The molecule has 4 aliphatic carbocycles. The van der Waals surface area contributed by atoms with Gasteiger partial charge in [0.1, 0.15) is 0 Å². The van der Waals surface area contributed by atoms with Crippen molar-refractivity contribution in [3.63, 3.8) is 0 Å². The molecule has 4 bridgehead atoms. The van der Waals surface area contributed by atoms with Gasteiger partial charge in [-0.3, -0.25) is 9.59 Å². The third-order valence-corrected chi connectivity index (χ3v) is 8.07. The summed E-state index contributed by atoms with van der Waals surface area (Å²) in [6.07, 6.45) is 7.40. The van der Waals surface area contributed by atoms with Gasteiger partial charge >= 0.3 is 5.97 Å². The summed E-state index contributed by atoms with van der Waals surface area (Å²) >= 11 is 0. The van der Waals surface area contributed by atoms with Crippen molar-refractivity contribution in [2.24, 2.45) is 17.8 Å². The van der Waals surface area contributed by atoms with Crippen LogP contribution in [0.25, 0.3) is 0 Å². The van der Waals surface area contributed by atoms with Gasteiger partial charge in [-0.2, -0.15) is 0 Å². The van der Waals surface area contributed by atoms with E-state index < -0.39 is 17.0 Å². The first-order chi connectivity index (χ1) is 14.6. The number of aliphatic hydroxyl groups is 1. The first-order valence-corrected chi connectivity index (χ1v) is 11.9. The van der Waals surface area contributed by atoms with Crippen molar-refractivity contribution in [2.75, 3.05) is 0 Å². The maximum Gasteiger partial charge on any atom is 0.303 e. The van der Waals surface area contributed by atoms with E-state index in [-0.39, 0.29) is 18.4 Å². The minimum absolute atomic E-state index is 0.0689. The largest absolute Gasteiger partial charge is 0.481 e. The van der Waals surface area contributed by atoms with Crippen LogP contribution in [0, 0.1) is 24.7 Å². The van der Waals surface area contributed by atoms with Crippen molar-refractivity contribution in [3.8, 4) is 0 Å². The van der Waals surface area contributed by atoms with Gasteiger partial charge in [0.05, 0.1) is 11.0 Å². The summed E-state index contributed by atoms with van der Waals surface area (Å²) in [7, 11) is 0. The molecule has 3 N–H and O–H groups in total. The monoisotopic (exact) mass is 427 g/mol. The summed E-state index contributed by atoms with van der Waals surface area (Å²) in [6.45, 7) is 6.04. The molecule has 31 heavy (non-hydrogen) atoms. The molecular formula is C26H37NO4. The summed E-state index contributed by atoms with van der Waals surface area (Å²) in [5.74, 6) is 0.750. The summed E-state index contributed by atoms with van der Waals surface area (Å²) in [4.78, 5) is 24.2. The molecule has 4 aliphatic rings. The molecule has 170 valence electrons. The first kappa shape index (κ1) is 22.3. The summed E-state index contributed by atoms with van der Waals surface area (Å²) in [5, 5.41) is 23.1. The smallest absolute Gasteiger partial charge is 0.303 e. The number of benzene rings is 1. The van der Waals surface area contributed by atoms with Crippen molar-refractivity contribution < 1.29 is 19.8 Å². The standard InChI is InChI=1S/C26H37NO4/c1-16-8-17(6-4-5-7-22(28)29)12-21(9-16)25(2,3)24(30)27-23-19-10-18-11-20(23)15-26(31,13-18)14-19/h8-9,12,18-20,23,31H,4-7,10-11,13-15H2,1-3H3,(H,27,30)(H,28,29)/t18?,19-,20+,23+,26+. The Labute approximate surface area is 185 Å². The number of amides is 1. The summed E-state index contributed by atoms with van der Waals surface area (Å²) in [6, 6.07) is 6.53. The zero-order valence-corrected chi connectivity index (χ0v) is 19.1. The molecule has 0 aromatic heterocycles. The van der Waals surface area contributed by atoms with Gasteiger partial charge in [0.2, 0.25) is 5.91 Å². The van der Waals surface area contributed by atoms with Crippen molar-refractivity contribution in [1.29, 1.82) is 0 Å². The normalized spacial score (nSPS) is 31.6. The van der Waals surface area contributed by atoms with E-state index in [1.54, 1.807) is 0 Å². The van der Waals surface area contributed by atoms with Crippen LogP contribution in [-0.4, -0.2) is 33.7 Å². The van der Waals surface area contributed by atoms with E-state index in [0.717, 1.165) is 61.6 Å². The van der Waals surface area contributed by atoms with E-state index in [1.165, 1.54) is 0 Å². The molecule has 5 rings (SSSR count). The fourth-order valence-electron chi connectivity index (χ4n) is 6.65. The lowest BCUT2D eigenvalue weighted by Crippen LogP contribution is -2.62. The molecule has 0 aliphatic heterocycles. The van der Waals surface area contributed by atoms with Crippen LogP contribution < -0.4 is 5.32 Å². The van der Waals surface area contributed by atoms with Crippen LogP contribution in [0.3, 0.4) is 0 Å². The number of nitrogens with one attached hydrogen (secondary N) is 1. The maximum absolute atomic E-state index is 13.5. The Morgan fingerprint density at radius 2 is 1.77 bits per heavy atom. The molecule has 1 aromatic carbocycles. The number of unbranched alkanes of at least 4 members (excludes halogenated alkanes) is 1. The van der Waals surface area contributed by atoms with Gasteiger partial charge < -0.3 is 15.5 Å². The third kappa shape index (κ3) is 4.67. The molecule has 1 amide bonds. The first-order valence-electron chi connectivity index (χ1n) is 11.9. The Morgan fingerprint density at radius 3 is 2.39 bits per heavy atom. The zero-order chi connectivity index (χ0) is 22.4. The van der Waals surface area contributed by atoms with Gasteiger partial charge in [0, 0.05) is 12.5 Å². The van der Waals surface area contributed by atoms with E-state index in [9.17, 15) is 14.7 Å². The van der Waals surface area contributed by atoms with Crippen molar-refractivity contribution in [1.82, 2.24) is 5.32 Å². The minimum Gasteiger partial charge on any atom is -0.481 e. The molecule has 0 spiro atoms. The van der Waals surface area contributed by atoms with Gasteiger partial charge in [0.15, 0.2) is 0 Å². The molecule has 5 atom stereocenters. The molecule has 0 heterocycles. The SMILES string of the molecule is Cc1cc(CCCCC(=O)O)cc(C(C)(C)C(=O)N[C@H]2[C@@H]3CC4C[C@H]2C[C@](O)(C4)C3)c1. The Bertz CT molecular complexity index is 845. The van der Waals surface area contributed by atoms with Crippen LogP contribution in [0.4, 0.5) is 0 Å². The van der Waals surface area contributed by atoms with Gasteiger partial charge in [-0.05, 0) is 101 Å². The number of carbonyl (C=O) groups excluding carboxylic acids is 1. The van der Waals surface area contributed by atoms with E-state index >= 15 is 0 Å². The molecule has 1 unspecified atom stereocenters. The number of carbonyl (C=O) groups is 2. The highest BCUT2D eigenvalue weighted by Gasteiger charge is 2.55. The molecule has 5 heteroatoms. The second-order valence-corrected chi connectivity index (χ2v) is 11.1. The topological polar surface area (TPSA) is 86.6 Å². The Kier molecular flexibility index (Phi) is 5.93. The molecular weight excluding hydrogens is 390 g/mol. The predicted molar refractivity (Wildman–Crippen MR) is 120 cm³/mol.